The quantitative estimate of drug-likeness (QED) is 0.773. The van der Waals surface area contributed by atoms with Crippen LogP contribution >= 0.6 is 0 Å². The van der Waals surface area contributed by atoms with Crippen LogP contribution in [-0.2, 0) is 14.0 Å². The van der Waals surface area contributed by atoms with Gasteiger partial charge in [0.25, 0.3) is 5.91 Å². The van der Waals surface area contributed by atoms with Gasteiger partial charge in [0, 0.05) is 6.61 Å². The van der Waals surface area contributed by atoms with Gasteiger partial charge < -0.3 is 14.5 Å². The Morgan fingerprint density at radius 3 is 2.43 bits per heavy atom. The van der Waals surface area contributed by atoms with E-state index in [1.807, 2.05) is 13.8 Å². The second-order valence-electron chi connectivity index (χ2n) is 7.06. The molecule has 1 heterocycles. The highest BCUT2D eigenvalue weighted by molar-refractivity contribution is 6.74. The molecule has 1 N–H and O–H groups in total. The second-order valence-corrected chi connectivity index (χ2v) is 11.8. The molecule has 1 amide bonds. The lowest BCUT2D eigenvalue weighted by Gasteiger charge is -2.38. The average molecular weight is 340 g/mol. The van der Waals surface area contributed by atoms with Crippen molar-refractivity contribution < 1.29 is 14.0 Å². The lowest BCUT2D eigenvalue weighted by atomic mass is 10.2. The van der Waals surface area contributed by atoms with Crippen LogP contribution in [0, 0.1) is 6.92 Å². The number of nitrogens with one attached hydrogen (secondary N) is 1. The lowest BCUT2D eigenvalue weighted by molar-refractivity contribution is -0.126. The van der Waals surface area contributed by atoms with Gasteiger partial charge in [-0.3, -0.25) is 9.78 Å². The van der Waals surface area contributed by atoms with Gasteiger partial charge in [0.2, 0.25) is 0 Å². The zero-order valence-electron chi connectivity index (χ0n) is 15.3. The van der Waals surface area contributed by atoms with Crippen LogP contribution in [0.15, 0.2) is 12.4 Å². The van der Waals surface area contributed by atoms with Crippen LogP contribution in [0.25, 0.3) is 0 Å². The van der Waals surface area contributed by atoms with Crippen molar-refractivity contribution >= 4 is 20.0 Å². The molecule has 6 nitrogen and oxygen atoms in total. The Balaban J connectivity index is 2.83. The van der Waals surface area contributed by atoms with Crippen molar-refractivity contribution in [2.24, 2.45) is 0 Å². The average Bonchev–Trinajstić information content (AvgIpc) is 2.44. The summed E-state index contributed by atoms with van der Waals surface area (Å²) in [5.41, 5.74) is 0.798. The van der Waals surface area contributed by atoms with Crippen molar-refractivity contribution in [2.45, 2.75) is 58.9 Å². The fourth-order valence-corrected chi connectivity index (χ4v) is 2.82. The van der Waals surface area contributed by atoms with Gasteiger partial charge in [-0.1, -0.05) is 20.8 Å². The zero-order valence-corrected chi connectivity index (χ0v) is 16.3. The highest BCUT2D eigenvalue weighted by Gasteiger charge is 2.40. The first-order chi connectivity index (χ1) is 10.6. The van der Waals surface area contributed by atoms with E-state index in [1.54, 1.807) is 6.20 Å². The van der Waals surface area contributed by atoms with E-state index in [1.165, 1.54) is 6.20 Å². The number of rotatable bonds is 7. The summed E-state index contributed by atoms with van der Waals surface area (Å²) in [6.07, 6.45) is 2.50. The Labute approximate surface area is 140 Å². The van der Waals surface area contributed by atoms with E-state index in [4.69, 9.17) is 9.16 Å². The largest absolute Gasteiger partial charge is 0.403 e. The van der Waals surface area contributed by atoms with Gasteiger partial charge in [0.15, 0.2) is 14.1 Å². The number of ether oxygens (including phenoxy) is 1. The first-order valence-corrected chi connectivity index (χ1v) is 10.8. The predicted octanol–water partition coefficient (Wildman–Crippen LogP) is 3.15. The van der Waals surface area contributed by atoms with Crippen molar-refractivity contribution in [3.05, 3.63) is 18.1 Å². The van der Waals surface area contributed by atoms with E-state index in [9.17, 15) is 4.79 Å². The normalized spacial score (nSPS) is 13.7. The van der Waals surface area contributed by atoms with E-state index in [-0.39, 0.29) is 17.6 Å². The molecule has 1 atom stereocenters. The van der Waals surface area contributed by atoms with E-state index in [0.717, 1.165) is 5.69 Å². The molecular weight excluding hydrogens is 310 g/mol. The number of aromatic nitrogens is 2. The topological polar surface area (TPSA) is 73.3 Å². The van der Waals surface area contributed by atoms with Gasteiger partial charge in [-0.05, 0) is 32.0 Å². The van der Waals surface area contributed by atoms with Crippen LogP contribution in [0.2, 0.25) is 18.1 Å². The number of anilines is 1. The van der Waals surface area contributed by atoms with Gasteiger partial charge in [0.05, 0.1) is 24.7 Å². The highest BCUT2D eigenvalue weighted by Crippen LogP contribution is 2.37. The molecule has 1 rings (SSSR count). The molecule has 0 aromatic carbocycles. The SMILES string of the molecule is CCOC[C@H](O[Si](C)(C)C(C)(C)C)C(=O)Nc1cnc(C)cn1. The molecule has 0 spiro atoms. The summed E-state index contributed by atoms with van der Waals surface area (Å²) in [4.78, 5) is 20.8. The fourth-order valence-electron chi connectivity index (χ4n) is 1.58. The molecule has 1 aromatic heterocycles. The molecule has 23 heavy (non-hydrogen) atoms. The summed E-state index contributed by atoms with van der Waals surface area (Å²) >= 11 is 0. The maximum atomic E-state index is 12.5. The first-order valence-electron chi connectivity index (χ1n) is 7.92. The van der Waals surface area contributed by atoms with Crippen LogP contribution in [0.4, 0.5) is 5.82 Å². The van der Waals surface area contributed by atoms with Crippen molar-refractivity contribution in [1.29, 1.82) is 0 Å². The molecule has 0 aliphatic heterocycles. The monoisotopic (exact) mass is 339 g/mol. The Bertz CT molecular complexity index is 512. The first kappa shape index (κ1) is 19.7. The molecule has 130 valence electrons. The standard InChI is InChI=1S/C16H29N3O3Si/c1-8-21-11-13(22-23(6,7)16(3,4)5)15(20)19-14-10-17-12(2)9-18-14/h9-10,13H,8,11H2,1-7H3,(H,18,19,20)/t13-/m0/s1. The molecule has 0 aliphatic carbocycles. The summed E-state index contributed by atoms with van der Waals surface area (Å²) in [5, 5.41) is 2.77. The van der Waals surface area contributed by atoms with Crippen molar-refractivity contribution in [1.82, 2.24) is 9.97 Å². The van der Waals surface area contributed by atoms with Crippen LogP contribution < -0.4 is 5.32 Å². The molecule has 0 saturated carbocycles. The molecule has 0 bridgehead atoms. The van der Waals surface area contributed by atoms with E-state index in [0.29, 0.717) is 12.4 Å². The summed E-state index contributed by atoms with van der Waals surface area (Å²) in [6, 6.07) is 0. The molecule has 1 aromatic rings. The third-order valence-electron chi connectivity index (χ3n) is 4.04. The maximum Gasteiger partial charge on any atom is 0.255 e. The van der Waals surface area contributed by atoms with Gasteiger partial charge in [-0.25, -0.2) is 4.98 Å². The Morgan fingerprint density at radius 2 is 1.96 bits per heavy atom. The molecule has 0 fully saturated rings. The van der Waals surface area contributed by atoms with Crippen molar-refractivity contribution in [2.75, 3.05) is 18.5 Å². The number of hydrogen-bond acceptors (Lipinski definition) is 5. The van der Waals surface area contributed by atoms with Crippen molar-refractivity contribution in [3.8, 4) is 0 Å². The zero-order chi connectivity index (χ0) is 17.7. The predicted molar refractivity (Wildman–Crippen MR) is 94.0 cm³/mol. The van der Waals surface area contributed by atoms with E-state index < -0.39 is 14.4 Å². The third-order valence-corrected chi connectivity index (χ3v) is 8.53. The van der Waals surface area contributed by atoms with Crippen molar-refractivity contribution in [3.63, 3.8) is 0 Å². The molecule has 0 saturated heterocycles. The third kappa shape index (κ3) is 6.00. The van der Waals surface area contributed by atoms with E-state index in [2.05, 4.69) is 49.1 Å². The molecule has 0 unspecified atom stereocenters. The summed E-state index contributed by atoms with van der Waals surface area (Å²) in [5.74, 6) is 0.169. The smallest absolute Gasteiger partial charge is 0.255 e. The second kappa shape index (κ2) is 7.99. The number of nitrogens with zero attached hydrogens (tertiary/aromatic N) is 2. The molecule has 0 radical (unpaired) electrons. The van der Waals surface area contributed by atoms with Gasteiger partial charge in [-0.15, -0.1) is 0 Å². The highest BCUT2D eigenvalue weighted by atomic mass is 28.4. The number of carbonyl (C=O) groups is 1. The van der Waals surface area contributed by atoms with Crippen LogP contribution in [-0.4, -0.2) is 43.5 Å². The van der Waals surface area contributed by atoms with Crippen LogP contribution in [0.5, 0.6) is 0 Å². The number of hydrogen-bond donors (Lipinski definition) is 1. The number of aryl methyl sites for hydroxylation is 1. The summed E-state index contributed by atoms with van der Waals surface area (Å²) in [7, 11) is -2.08. The van der Waals surface area contributed by atoms with Crippen LogP contribution in [0.3, 0.4) is 0 Å². The lowest BCUT2D eigenvalue weighted by Crippen LogP contribution is -2.48. The molecule has 0 aliphatic rings. The van der Waals surface area contributed by atoms with Gasteiger partial charge in [0.1, 0.15) is 6.10 Å². The number of carbonyl (C=O) groups excluding carboxylic acids is 1. The Morgan fingerprint density at radius 1 is 1.30 bits per heavy atom. The van der Waals surface area contributed by atoms with Gasteiger partial charge >= 0.3 is 0 Å². The summed E-state index contributed by atoms with van der Waals surface area (Å²) < 4.78 is 11.6. The minimum absolute atomic E-state index is 0.0153. The van der Waals surface area contributed by atoms with E-state index >= 15 is 0 Å². The van der Waals surface area contributed by atoms with Crippen LogP contribution in [0.1, 0.15) is 33.4 Å². The minimum atomic E-state index is -2.08. The summed E-state index contributed by atoms with van der Waals surface area (Å²) in [6.45, 7) is 15.2. The molecular formula is C16H29N3O3Si. The maximum absolute atomic E-state index is 12.5. The van der Waals surface area contributed by atoms with Gasteiger partial charge in [-0.2, -0.15) is 0 Å². The minimum Gasteiger partial charge on any atom is -0.403 e. The Hall–Kier alpha value is -1.31. The Kier molecular flexibility index (Phi) is 6.85. The number of amides is 1. The molecule has 7 heteroatoms. The fraction of sp³-hybridized carbons (Fsp3) is 0.688.